The van der Waals surface area contributed by atoms with Crippen molar-refractivity contribution in [2.24, 2.45) is 17.8 Å². The summed E-state index contributed by atoms with van der Waals surface area (Å²) in [6, 6.07) is 0. The van der Waals surface area contributed by atoms with Crippen LogP contribution in [0.25, 0.3) is 0 Å². The standard InChI is InChI=1S/C45H85O13P/c1-4-5-19-25-37(47)29-30-41-40(42(49)31-43(41)50)26-21-17-18-22-27-44(51)55-34-39(35-57-59(53,54)56-33-38(48)32-46)58-45(52)28-23-16-14-12-10-8-6-7-9-11-13-15-20-24-36(2)3/h29-30,36-43,46-50H,4-28,31-35H2,1-3H3,(H,53,54)/b30-29+/t37-,38-,39+,40+,41+,42-,43+/m0/s1. The highest BCUT2D eigenvalue weighted by Gasteiger charge is 2.39. The Kier molecular flexibility index (Phi) is 33.1. The number of unbranched alkanes of at least 4 members (excludes halogenated alkanes) is 17. The van der Waals surface area contributed by atoms with Crippen LogP contribution in [0.15, 0.2) is 12.2 Å². The van der Waals surface area contributed by atoms with E-state index in [1.165, 1.54) is 64.2 Å². The molecule has 0 saturated heterocycles. The van der Waals surface area contributed by atoms with E-state index in [1.54, 1.807) is 6.08 Å². The highest BCUT2D eigenvalue weighted by molar-refractivity contribution is 7.47. The lowest BCUT2D eigenvalue weighted by molar-refractivity contribution is -0.161. The number of ether oxygens (including phenoxy) is 2. The van der Waals surface area contributed by atoms with Crippen molar-refractivity contribution < 1.29 is 63.1 Å². The lowest BCUT2D eigenvalue weighted by atomic mass is 9.88. The maximum Gasteiger partial charge on any atom is 0.472 e. The number of carbonyl (C=O) groups excluding carboxylic acids is 2. The molecular formula is C45H85O13P. The minimum atomic E-state index is -4.67. The summed E-state index contributed by atoms with van der Waals surface area (Å²) in [4.78, 5) is 35.3. The summed E-state index contributed by atoms with van der Waals surface area (Å²) in [6.45, 7) is 4.39. The van der Waals surface area contributed by atoms with Gasteiger partial charge < -0.3 is 39.9 Å². The molecule has 0 radical (unpaired) electrons. The average Bonchev–Trinajstić information content (AvgIpc) is 3.47. The molecular weight excluding hydrogens is 779 g/mol. The predicted octanol–water partition coefficient (Wildman–Crippen LogP) is 8.63. The van der Waals surface area contributed by atoms with Crippen molar-refractivity contribution in [1.29, 1.82) is 0 Å². The Morgan fingerprint density at radius 2 is 1.22 bits per heavy atom. The van der Waals surface area contributed by atoms with Gasteiger partial charge in [0.25, 0.3) is 0 Å². The number of aliphatic hydroxyl groups is 5. The summed E-state index contributed by atoms with van der Waals surface area (Å²) in [5.74, 6) is -0.563. The highest BCUT2D eigenvalue weighted by Crippen LogP contribution is 2.43. The Morgan fingerprint density at radius 3 is 1.80 bits per heavy atom. The van der Waals surface area contributed by atoms with Gasteiger partial charge in [-0.15, -0.1) is 0 Å². The topological polar surface area (TPSA) is 210 Å². The monoisotopic (exact) mass is 865 g/mol. The first kappa shape index (κ1) is 55.6. The maximum absolute atomic E-state index is 12.7. The molecule has 59 heavy (non-hydrogen) atoms. The molecule has 0 amide bonds. The number of carbonyl (C=O) groups is 2. The van der Waals surface area contributed by atoms with E-state index in [1.807, 2.05) is 6.08 Å². The number of esters is 2. The molecule has 1 saturated carbocycles. The van der Waals surface area contributed by atoms with Crippen molar-refractivity contribution in [3.8, 4) is 0 Å². The third kappa shape index (κ3) is 30.3. The fourth-order valence-electron chi connectivity index (χ4n) is 7.57. The molecule has 0 aromatic heterocycles. The fraction of sp³-hybridized carbons (Fsp3) is 0.911. The molecule has 13 nitrogen and oxygen atoms in total. The summed E-state index contributed by atoms with van der Waals surface area (Å²) in [5.41, 5.74) is 0. The van der Waals surface area contributed by atoms with Crippen LogP contribution in [0.3, 0.4) is 0 Å². The lowest BCUT2D eigenvalue weighted by Gasteiger charge is -2.21. The molecule has 1 aliphatic rings. The van der Waals surface area contributed by atoms with Gasteiger partial charge in [0.05, 0.1) is 38.1 Å². The second-order valence-corrected chi connectivity index (χ2v) is 18.7. The second-order valence-electron chi connectivity index (χ2n) is 17.2. The number of phosphoric acid groups is 1. The number of phosphoric ester groups is 1. The predicted molar refractivity (Wildman–Crippen MR) is 230 cm³/mol. The molecule has 0 aromatic carbocycles. The molecule has 14 heteroatoms. The van der Waals surface area contributed by atoms with Crippen LogP contribution in [0, 0.1) is 17.8 Å². The minimum Gasteiger partial charge on any atom is -0.462 e. The Morgan fingerprint density at radius 1 is 0.695 bits per heavy atom. The van der Waals surface area contributed by atoms with E-state index in [-0.39, 0.29) is 31.3 Å². The summed E-state index contributed by atoms with van der Waals surface area (Å²) in [7, 11) is -4.67. The molecule has 1 unspecified atom stereocenters. The number of rotatable bonds is 39. The summed E-state index contributed by atoms with van der Waals surface area (Å²) >= 11 is 0. The molecule has 1 aliphatic carbocycles. The van der Waals surface area contributed by atoms with Gasteiger partial charge in [-0.3, -0.25) is 18.6 Å². The summed E-state index contributed by atoms with van der Waals surface area (Å²) in [6.07, 6.45) is 23.9. The van der Waals surface area contributed by atoms with Gasteiger partial charge in [-0.1, -0.05) is 155 Å². The number of hydrogen-bond donors (Lipinski definition) is 6. The smallest absolute Gasteiger partial charge is 0.462 e. The number of aliphatic hydroxyl groups excluding tert-OH is 5. The highest BCUT2D eigenvalue weighted by atomic mass is 31.2. The lowest BCUT2D eigenvalue weighted by Crippen LogP contribution is -2.29. The largest absolute Gasteiger partial charge is 0.472 e. The van der Waals surface area contributed by atoms with Crippen molar-refractivity contribution in [2.45, 2.75) is 218 Å². The van der Waals surface area contributed by atoms with Gasteiger partial charge in [-0.05, 0) is 37.5 Å². The third-order valence-electron chi connectivity index (χ3n) is 11.2. The Bertz CT molecular complexity index is 1120. The molecule has 8 atom stereocenters. The minimum absolute atomic E-state index is 0.0982. The molecule has 0 aliphatic heterocycles. The van der Waals surface area contributed by atoms with Crippen LogP contribution in [0.2, 0.25) is 0 Å². The number of hydrogen-bond acceptors (Lipinski definition) is 12. The molecule has 0 aromatic rings. The zero-order valence-corrected chi connectivity index (χ0v) is 37.9. The molecule has 0 bridgehead atoms. The van der Waals surface area contributed by atoms with Crippen LogP contribution in [0.4, 0.5) is 0 Å². The van der Waals surface area contributed by atoms with Crippen LogP contribution in [0.5, 0.6) is 0 Å². The Labute approximate surface area is 356 Å². The van der Waals surface area contributed by atoms with Gasteiger partial charge in [0.2, 0.25) is 0 Å². The van der Waals surface area contributed by atoms with Gasteiger partial charge in [-0.2, -0.15) is 0 Å². The normalized spacial score (nSPS) is 20.8. The van der Waals surface area contributed by atoms with Gasteiger partial charge >= 0.3 is 19.8 Å². The van der Waals surface area contributed by atoms with Gasteiger partial charge in [-0.25, -0.2) is 4.57 Å². The van der Waals surface area contributed by atoms with Crippen molar-refractivity contribution in [2.75, 3.05) is 26.4 Å². The zero-order chi connectivity index (χ0) is 43.7. The maximum atomic E-state index is 12.7. The molecule has 0 spiro atoms. The van der Waals surface area contributed by atoms with Gasteiger partial charge in [0.15, 0.2) is 6.10 Å². The second kappa shape index (κ2) is 35.1. The van der Waals surface area contributed by atoms with Crippen molar-refractivity contribution in [1.82, 2.24) is 0 Å². The van der Waals surface area contributed by atoms with Crippen molar-refractivity contribution in [3.63, 3.8) is 0 Å². The Hall–Kier alpha value is -1.41. The molecule has 1 rings (SSSR count). The van der Waals surface area contributed by atoms with Crippen LogP contribution < -0.4 is 0 Å². The van der Waals surface area contributed by atoms with E-state index in [2.05, 4.69) is 25.3 Å². The Balaban J connectivity index is 2.40. The summed E-state index contributed by atoms with van der Waals surface area (Å²) < 4.78 is 32.8. The molecule has 1 fully saturated rings. The average molecular weight is 865 g/mol. The van der Waals surface area contributed by atoms with E-state index in [0.29, 0.717) is 32.1 Å². The SMILES string of the molecule is CCCCC[C@H](O)/C=C/[C@@H]1[C@@H](CCCCCCC(=O)OC[C@H](COP(=O)(O)OC[C@@H](O)CO)OC(=O)CCCCCCCCCCCCCCCC(C)C)[C@@H](O)C[C@H]1O. The molecule has 6 N–H and O–H groups in total. The van der Waals surface area contributed by atoms with Gasteiger partial charge in [0.1, 0.15) is 12.7 Å². The summed E-state index contributed by atoms with van der Waals surface area (Å²) in [5, 5.41) is 49.8. The van der Waals surface area contributed by atoms with E-state index < -0.39 is 70.1 Å². The zero-order valence-electron chi connectivity index (χ0n) is 37.0. The van der Waals surface area contributed by atoms with Crippen molar-refractivity contribution in [3.05, 3.63) is 12.2 Å². The van der Waals surface area contributed by atoms with Crippen LogP contribution in [-0.4, -0.2) is 99.3 Å². The van der Waals surface area contributed by atoms with Gasteiger partial charge in [0, 0.05) is 25.2 Å². The quantitative estimate of drug-likeness (QED) is 0.0148. The van der Waals surface area contributed by atoms with Crippen LogP contribution in [-0.2, 0) is 32.7 Å². The van der Waals surface area contributed by atoms with Crippen LogP contribution >= 0.6 is 7.82 Å². The van der Waals surface area contributed by atoms with E-state index in [4.69, 9.17) is 19.1 Å². The van der Waals surface area contributed by atoms with E-state index >= 15 is 0 Å². The van der Waals surface area contributed by atoms with Crippen LogP contribution in [0.1, 0.15) is 188 Å². The van der Waals surface area contributed by atoms with E-state index in [0.717, 1.165) is 63.7 Å². The van der Waals surface area contributed by atoms with Crippen molar-refractivity contribution >= 4 is 19.8 Å². The first-order valence-corrected chi connectivity index (χ1v) is 24.8. The molecule has 0 heterocycles. The third-order valence-corrected chi connectivity index (χ3v) is 12.1. The molecule has 348 valence electrons. The fourth-order valence-corrected chi connectivity index (χ4v) is 8.36. The first-order valence-electron chi connectivity index (χ1n) is 23.3. The van der Waals surface area contributed by atoms with E-state index in [9.17, 15) is 39.5 Å². The first-order chi connectivity index (χ1) is 28.3.